The monoisotopic (exact) mass is 255 g/mol. The lowest BCUT2D eigenvalue weighted by Crippen LogP contribution is -2.10. The molecule has 1 unspecified atom stereocenters. The summed E-state index contributed by atoms with van der Waals surface area (Å²) in [5.41, 5.74) is 8.06. The first kappa shape index (κ1) is 12.9. The Kier molecular flexibility index (Phi) is 4.48. The van der Waals surface area contributed by atoms with Gasteiger partial charge in [-0.15, -0.1) is 11.8 Å². The van der Waals surface area contributed by atoms with E-state index in [0.717, 1.165) is 24.5 Å². The molecule has 2 heterocycles. The van der Waals surface area contributed by atoms with Crippen LogP contribution in [0.4, 0.5) is 0 Å². The van der Waals surface area contributed by atoms with Gasteiger partial charge in [-0.25, -0.2) is 0 Å². The van der Waals surface area contributed by atoms with Crippen LogP contribution >= 0.6 is 11.8 Å². The van der Waals surface area contributed by atoms with Crippen LogP contribution in [0.5, 0.6) is 0 Å². The summed E-state index contributed by atoms with van der Waals surface area (Å²) in [5, 5.41) is 5.73. The molecule has 1 saturated heterocycles. The van der Waals surface area contributed by atoms with Crippen LogP contribution in [0.25, 0.3) is 0 Å². The number of thioether (sulfide) groups is 1. The van der Waals surface area contributed by atoms with E-state index in [1.165, 1.54) is 23.4 Å². The largest absolute Gasteiger partial charge is 0.377 e. The van der Waals surface area contributed by atoms with Crippen molar-refractivity contribution < 1.29 is 4.74 Å². The van der Waals surface area contributed by atoms with Gasteiger partial charge in [0.1, 0.15) is 0 Å². The van der Waals surface area contributed by atoms with E-state index in [2.05, 4.69) is 12.0 Å². The molecular weight excluding hydrogens is 234 g/mol. The fourth-order valence-corrected chi connectivity index (χ4v) is 3.50. The molecule has 0 spiro atoms. The van der Waals surface area contributed by atoms with Gasteiger partial charge in [0.2, 0.25) is 0 Å². The van der Waals surface area contributed by atoms with Gasteiger partial charge in [0.25, 0.3) is 0 Å². The van der Waals surface area contributed by atoms with Crippen molar-refractivity contribution in [1.82, 2.24) is 9.78 Å². The highest BCUT2D eigenvalue weighted by Gasteiger charge is 2.19. The van der Waals surface area contributed by atoms with E-state index >= 15 is 0 Å². The lowest BCUT2D eigenvalue weighted by atomic mass is 10.2. The number of hydrogen-bond donors (Lipinski definition) is 1. The zero-order valence-corrected chi connectivity index (χ0v) is 11.4. The molecular formula is C12H21N3OS. The summed E-state index contributed by atoms with van der Waals surface area (Å²) < 4.78 is 7.62. The van der Waals surface area contributed by atoms with E-state index in [-0.39, 0.29) is 0 Å². The minimum Gasteiger partial charge on any atom is -0.377 e. The topological polar surface area (TPSA) is 53.1 Å². The minimum atomic E-state index is 0.418. The molecule has 1 aliphatic heterocycles. The smallest absolute Gasteiger partial charge is 0.0972 e. The second-order valence-corrected chi connectivity index (χ2v) is 5.49. The van der Waals surface area contributed by atoms with Crippen LogP contribution < -0.4 is 5.73 Å². The lowest BCUT2D eigenvalue weighted by Gasteiger charge is -2.10. The van der Waals surface area contributed by atoms with Gasteiger partial charge in [-0.3, -0.25) is 4.68 Å². The average Bonchev–Trinajstić information content (AvgIpc) is 2.88. The van der Waals surface area contributed by atoms with Crippen LogP contribution in [-0.4, -0.2) is 34.8 Å². The fraction of sp³-hybridized carbons (Fsp3) is 0.750. The molecule has 1 aromatic heterocycles. The van der Waals surface area contributed by atoms with Crippen LogP contribution in [0.15, 0.2) is 5.03 Å². The summed E-state index contributed by atoms with van der Waals surface area (Å²) in [4.78, 5) is 0. The molecule has 5 heteroatoms. The molecule has 96 valence electrons. The molecule has 0 aromatic carbocycles. The predicted octanol–water partition coefficient (Wildman–Crippen LogP) is 1.50. The van der Waals surface area contributed by atoms with Crippen LogP contribution in [0.3, 0.4) is 0 Å². The number of rotatable bonds is 5. The Morgan fingerprint density at radius 1 is 1.59 bits per heavy atom. The van der Waals surface area contributed by atoms with Gasteiger partial charge in [0, 0.05) is 25.0 Å². The first-order valence-corrected chi connectivity index (χ1v) is 7.18. The van der Waals surface area contributed by atoms with E-state index in [0.29, 0.717) is 12.6 Å². The van der Waals surface area contributed by atoms with Crippen molar-refractivity contribution in [3.63, 3.8) is 0 Å². The Morgan fingerprint density at radius 2 is 2.41 bits per heavy atom. The molecule has 2 rings (SSSR count). The maximum atomic E-state index is 5.65. The summed E-state index contributed by atoms with van der Waals surface area (Å²) in [6.45, 7) is 3.66. The zero-order valence-electron chi connectivity index (χ0n) is 10.6. The summed E-state index contributed by atoms with van der Waals surface area (Å²) in [7, 11) is 2.00. The van der Waals surface area contributed by atoms with E-state index < -0.39 is 0 Å². The van der Waals surface area contributed by atoms with Gasteiger partial charge in [-0.2, -0.15) is 5.10 Å². The van der Waals surface area contributed by atoms with Crippen LogP contribution in [0.2, 0.25) is 0 Å². The second-order valence-electron chi connectivity index (χ2n) is 4.48. The molecule has 2 N–H and O–H groups in total. The molecule has 1 atom stereocenters. The van der Waals surface area contributed by atoms with Crippen molar-refractivity contribution in [2.45, 2.75) is 37.3 Å². The standard InChI is InChI=1S/C12H21N3OS/c1-9-11(5-6-13)12(15(2)14-9)17-8-10-4-3-7-16-10/h10H,3-8,13H2,1-2H3. The fourth-order valence-electron chi connectivity index (χ4n) is 2.24. The van der Waals surface area contributed by atoms with Gasteiger partial charge >= 0.3 is 0 Å². The number of hydrogen-bond acceptors (Lipinski definition) is 4. The van der Waals surface area contributed by atoms with Crippen molar-refractivity contribution in [2.24, 2.45) is 12.8 Å². The first-order valence-electron chi connectivity index (χ1n) is 6.19. The average molecular weight is 255 g/mol. The van der Waals surface area contributed by atoms with Gasteiger partial charge in [0.05, 0.1) is 16.8 Å². The Bertz CT molecular complexity index is 372. The SMILES string of the molecule is Cc1nn(C)c(SCC2CCCO2)c1CCN. The molecule has 0 amide bonds. The highest BCUT2D eigenvalue weighted by atomic mass is 32.2. The molecule has 0 bridgehead atoms. The first-order chi connectivity index (χ1) is 8.22. The van der Waals surface area contributed by atoms with Crippen molar-refractivity contribution >= 4 is 11.8 Å². The number of aromatic nitrogens is 2. The van der Waals surface area contributed by atoms with Gasteiger partial charge in [-0.1, -0.05) is 0 Å². The number of aryl methyl sites for hydroxylation is 2. The number of nitrogens with two attached hydrogens (primary N) is 1. The maximum Gasteiger partial charge on any atom is 0.0972 e. The molecule has 0 aliphatic carbocycles. The van der Waals surface area contributed by atoms with E-state index in [4.69, 9.17) is 10.5 Å². The second kappa shape index (κ2) is 5.89. The molecule has 0 saturated carbocycles. The Morgan fingerprint density at radius 3 is 3.06 bits per heavy atom. The zero-order chi connectivity index (χ0) is 12.3. The number of ether oxygens (including phenoxy) is 1. The summed E-state index contributed by atoms with van der Waals surface area (Å²) in [6.07, 6.45) is 3.72. The van der Waals surface area contributed by atoms with E-state index in [1.54, 1.807) is 0 Å². The highest BCUT2D eigenvalue weighted by Crippen LogP contribution is 2.28. The summed E-state index contributed by atoms with van der Waals surface area (Å²) >= 11 is 1.85. The van der Waals surface area contributed by atoms with E-state index in [1.807, 2.05) is 23.5 Å². The summed E-state index contributed by atoms with van der Waals surface area (Å²) in [5.74, 6) is 1.02. The van der Waals surface area contributed by atoms with Gasteiger partial charge < -0.3 is 10.5 Å². The quantitative estimate of drug-likeness (QED) is 0.810. The lowest BCUT2D eigenvalue weighted by molar-refractivity contribution is 0.129. The third kappa shape index (κ3) is 3.03. The Hall–Kier alpha value is -0.520. The van der Waals surface area contributed by atoms with Crippen molar-refractivity contribution in [3.8, 4) is 0 Å². The molecule has 1 aliphatic rings. The third-order valence-electron chi connectivity index (χ3n) is 3.11. The van der Waals surface area contributed by atoms with Crippen LogP contribution in [-0.2, 0) is 18.2 Å². The predicted molar refractivity (Wildman–Crippen MR) is 70.4 cm³/mol. The maximum absolute atomic E-state index is 5.65. The minimum absolute atomic E-state index is 0.418. The van der Waals surface area contributed by atoms with Gasteiger partial charge in [-0.05, 0) is 32.7 Å². The molecule has 0 radical (unpaired) electrons. The molecule has 1 fully saturated rings. The summed E-state index contributed by atoms with van der Waals surface area (Å²) in [6, 6.07) is 0. The molecule has 4 nitrogen and oxygen atoms in total. The number of nitrogens with zero attached hydrogens (tertiary/aromatic N) is 2. The van der Waals surface area contributed by atoms with Crippen molar-refractivity contribution in [1.29, 1.82) is 0 Å². The van der Waals surface area contributed by atoms with Gasteiger partial charge in [0.15, 0.2) is 0 Å². The normalized spacial score (nSPS) is 20.1. The Balaban J connectivity index is 2.02. The van der Waals surface area contributed by atoms with Crippen molar-refractivity contribution in [3.05, 3.63) is 11.3 Å². The highest BCUT2D eigenvalue weighted by molar-refractivity contribution is 7.99. The van der Waals surface area contributed by atoms with Crippen LogP contribution in [0.1, 0.15) is 24.1 Å². The Labute approximate surface area is 107 Å². The third-order valence-corrected chi connectivity index (χ3v) is 4.44. The van der Waals surface area contributed by atoms with Crippen LogP contribution in [0, 0.1) is 6.92 Å². The van der Waals surface area contributed by atoms with E-state index in [9.17, 15) is 0 Å². The molecule has 1 aromatic rings. The molecule has 17 heavy (non-hydrogen) atoms. The van der Waals surface area contributed by atoms with Crippen molar-refractivity contribution in [2.75, 3.05) is 18.9 Å².